The highest BCUT2D eigenvalue weighted by atomic mass is 32.1. The van der Waals surface area contributed by atoms with Gasteiger partial charge in [-0.1, -0.05) is 18.2 Å². The molecule has 0 unspecified atom stereocenters. The number of benzene rings is 1. The summed E-state index contributed by atoms with van der Waals surface area (Å²) in [5.74, 6) is -0.394. The molecule has 2 aromatic heterocycles. The van der Waals surface area contributed by atoms with Gasteiger partial charge in [-0.05, 0) is 30.7 Å². The van der Waals surface area contributed by atoms with Crippen LogP contribution in [0.5, 0.6) is 0 Å². The highest BCUT2D eigenvalue weighted by Crippen LogP contribution is 2.22. The van der Waals surface area contributed by atoms with Gasteiger partial charge >= 0.3 is 0 Å². The molecule has 2 N–H and O–H groups in total. The van der Waals surface area contributed by atoms with Gasteiger partial charge in [0.25, 0.3) is 5.91 Å². The summed E-state index contributed by atoms with van der Waals surface area (Å²) >= 11 is 1.51. The van der Waals surface area contributed by atoms with Crippen LogP contribution in [-0.4, -0.2) is 28.8 Å². The summed E-state index contributed by atoms with van der Waals surface area (Å²) in [4.78, 5) is 32.9. The van der Waals surface area contributed by atoms with Crippen LogP contribution in [0.25, 0.3) is 10.7 Å². The van der Waals surface area contributed by atoms with Crippen molar-refractivity contribution in [2.24, 2.45) is 0 Å². The number of hydrogen-bond acceptors (Lipinski definition) is 5. The van der Waals surface area contributed by atoms with E-state index in [9.17, 15) is 9.59 Å². The van der Waals surface area contributed by atoms with Crippen molar-refractivity contribution in [3.05, 3.63) is 65.3 Å². The smallest absolute Gasteiger partial charge is 0.253 e. The van der Waals surface area contributed by atoms with Gasteiger partial charge in [-0.2, -0.15) is 0 Å². The Balaban J connectivity index is 1.60. The summed E-state index contributed by atoms with van der Waals surface area (Å²) < 4.78 is 0. The number of rotatable bonds is 6. The third-order valence-electron chi connectivity index (χ3n) is 3.72. The van der Waals surface area contributed by atoms with E-state index >= 15 is 0 Å². The Hall–Kier alpha value is -3.06. The van der Waals surface area contributed by atoms with Crippen molar-refractivity contribution in [2.75, 3.05) is 12.4 Å². The molecule has 6 nitrogen and oxygen atoms in total. The number of amides is 2. The molecule has 2 heterocycles. The van der Waals surface area contributed by atoms with Gasteiger partial charge in [0.1, 0.15) is 5.01 Å². The van der Waals surface area contributed by atoms with Crippen molar-refractivity contribution in [2.45, 2.75) is 12.8 Å². The zero-order valence-corrected chi connectivity index (χ0v) is 15.0. The van der Waals surface area contributed by atoms with E-state index in [0.29, 0.717) is 17.7 Å². The number of hydrogen-bond donors (Lipinski definition) is 2. The molecule has 0 saturated heterocycles. The molecule has 0 aliphatic rings. The van der Waals surface area contributed by atoms with Crippen molar-refractivity contribution in [1.82, 2.24) is 15.3 Å². The SMILES string of the molecule is CNC(=O)c1ccccc1NC(=O)CCc1csc(-c2ccccn2)n1. The Bertz CT molecular complexity index is 909. The van der Waals surface area contributed by atoms with E-state index in [1.54, 1.807) is 37.5 Å². The minimum absolute atomic E-state index is 0.159. The number of aryl methyl sites for hydroxylation is 1. The van der Waals surface area contributed by atoms with Crippen LogP contribution in [-0.2, 0) is 11.2 Å². The van der Waals surface area contributed by atoms with Crippen molar-refractivity contribution >= 4 is 28.8 Å². The van der Waals surface area contributed by atoms with Gasteiger partial charge in [0.05, 0.1) is 22.6 Å². The van der Waals surface area contributed by atoms with Crippen molar-refractivity contribution in [1.29, 1.82) is 0 Å². The van der Waals surface area contributed by atoms with Gasteiger partial charge in [0, 0.05) is 25.0 Å². The molecule has 7 heteroatoms. The van der Waals surface area contributed by atoms with Crippen LogP contribution in [0.2, 0.25) is 0 Å². The maximum absolute atomic E-state index is 12.2. The lowest BCUT2D eigenvalue weighted by molar-refractivity contribution is -0.116. The Kier molecular flexibility index (Phi) is 5.70. The fourth-order valence-electron chi connectivity index (χ4n) is 2.41. The van der Waals surface area contributed by atoms with Crippen LogP contribution in [0.3, 0.4) is 0 Å². The molecular weight excluding hydrogens is 348 g/mol. The maximum Gasteiger partial charge on any atom is 0.253 e. The van der Waals surface area contributed by atoms with Gasteiger partial charge < -0.3 is 10.6 Å². The summed E-state index contributed by atoms with van der Waals surface area (Å²) in [6, 6.07) is 12.6. The monoisotopic (exact) mass is 366 g/mol. The van der Waals surface area contributed by atoms with E-state index in [4.69, 9.17) is 0 Å². The summed E-state index contributed by atoms with van der Waals surface area (Å²) in [6.07, 6.45) is 2.54. The zero-order valence-electron chi connectivity index (χ0n) is 14.2. The fourth-order valence-corrected chi connectivity index (χ4v) is 3.24. The molecule has 26 heavy (non-hydrogen) atoms. The Morgan fingerprint density at radius 3 is 2.69 bits per heavy atom. The number of nitrogens with zero attached hydrogens (tertiary/aromatic N) is 2. The lowest BCUT2D eigenvalue weighted by Gasteiger charge is -2.09. The Labute approximate surface area is 155 Å². The van der Waals surface area contributed by atoms with Crippen molar-refractivity contribution in [3.63, 3.8) is 0 Å². The minimum atomic E-state index is -0.236. The molecule has 2 amide bonds. The van der Waals surface area contributed by atoms with E-state index in [1.165, 1.54) is 11.3 Å². The first-order chi connectivity index (χ1) is 12.7. The topological polar surface area (TPSA) is 84.0 Å². The van der Waals surface area contributed by atoms with Crippen molar-refractivity contribution in [3.8, 4) is 10.7 Å². The molecule has 3 aromatic rings. The lowest BCUT2D eigenvalue weighted by Crippen LogP contribution is -2.21. The molecule has 0 aliphatic heterocycles. The third kappa shape index (κ3) is 4.31. The first-order valence-electron chi connectivity index (χ1n) is 8.14. The fraction of sp³-hybridized carbons (Fsp3) is 0.158. The molecule has 0 atom stereocenters. The number of pyridine rings is 1. The Morgan fingerprint density at radius 2 is 1.92 bits per heavy atom. The van der Waals surface area contributed by atoms with Crippen LogP contribution in [0.15, 0.2) is 54.0 Å². The van der Waals surface area contributed by atoms with Gasteiger partial charge in [-0.3, -0.25) is 14.6 Å². The first kappa shape index (κ1) is 17.8. The van der Waals surface area contributed by atoms with Gasteiger partial charge in [0.2, 0.25) is 5.91 Å². The number of anilines is 1. The lowest BCUT2D eigenvalue weighted by atomic mass is 10.1. The molecule has 0 aliphatic carbocycles. The number of nitrogens with one attached hydrogen (secondary N) is 2. The second-order valence-corrected chi connectivity index (χ2v) is 6.39. The molecular formula is C19H18N4O2S. The average Bonchev–Trinajstić information content (AvgIpc) is 3.16. The third-order valence-corrected chi connectivity index (χ3v) is 4.63. The van der Waals surface area contributed by atoms with Crippen LogP contribution in [0.1, 0.15) is 22.5 Å². The highest BCUT2D eigenvalue weighted by molar-refractivity contribution is 7.13. The number of thiazole rings is 1. The van der Waals surface area contributed by atoms with Crippen LogP contribution in [0.4, 0.5) is 5.69 Å². The predicted molar refractivity (Wildman–Crippen MR) is 102 cm³/mol. The van der Waals surface area contributed by atoms with E-state index in [2.05, 4.69) is 20.6 Å². The van der Waals surface area contributed by atoms with Crippen LogP contribution < -0.4 is 10.6 Å². The molecule has 1 aromatic carbocycles. The molecule has 3 rings (SSSR count). The molecule has 0 fully saturated rings. The Morgan fingerprint density at radius 1 is 1.12 bits per heavy atom. The maximum atomic E-state index is 12.2. The molecule has 0 spiro atoms. The predicted octanol–water partition coefficient (Wildman–Crippen LogP) is 3.14. The second-order valence-electron chi connectivity index (χ2n) is 5.53. The highest BCUT2D eigenvalue weighted by Gasteiger charge is 2.12. The summed E-state index contributed by atoms with van der Waals surface area (Å²) in [7, 11) is 1.56. The first-order valence-corrected chi connectivity index (χ1v) is 9.02. The largest absolute Gasteiger partial charge is 0.355 e. The summed E-state index contributed by atoms with van der Waals surface area (Å²) in [5, 5.41) is 8.14. The number of carbonyl (C=O) groups excluding carboxylic acids is 2. The number of para-hydroxylation sites is 1. The van der Waals surface area contributed by atoms with Gasteiger partial charge in [-0.25, -0.2) is 4.98 Å². The number of aromatic nitrogens is 2. The second kappa shape index (κ2) is 8.35. The number of carbonyl (C=O) groups is 2. The standard InChI is InChI=1S/C19H18N4O2S/c1-20-18(25)14-6-2-3-7-15(14)23-17(24)10-9-13-12-26-19(22-13)16-8-4-5-11-21-16/h2-8,11-12H,9-10H2,1H3,(H,20,25)(H,23,24). The van der Waals surface area contributed by atoms with E-state index < -0.39 is 0 Å². The van der Waals surface area contributed by atoms with Crippen molar-refractivity contribution < 1.29 is 9.59 Å². The van der Waals surface area contributed by atoms with Gasteiger partial charge in [0.15, 0.2) is 0 Å². The molecule has 0 bridgehead atoms. The molecule has 132 valence electrons. The summed E-state index contributed by atoms with van der Waals surface area (Å²) in [5.41, 5.74) is 2.62. The molecule has 0 radical (unpaired) electrons. The van der Waals surface area contributed by atoms with E-state index in [-0.39, 0.29) is 18.2 Å². The van der Waals surface area contributed by atoms with Gasteiger partial charge in [-0.15, -0.1) is 11.3 Å². The van der Waals surface area contributed by atoms with E-state index in [0.717, 1.165) is 16.4 Å². The molecule has 0 saturated carbocycles. The van der Waals surface area contributed by atoms with E-state index in [1.807, 2.05) is 23.6 Å². The quantitative estimate of drug-likeness (QED) is 0.702. The normalized spacial score (nSPS) is 10.3. The average molecular weight is 366 g/mol. The minimum Gasteiger partial charge on any atom is -0.355 e. The van der Waals surface area contributed by atoms with Crippen LogP contribution >= 0.6 is 11.3 Å². The zero-order chi connectivity index (χ0) is 18.4. The summed E-state index contributed by atoms with van der Waals surface area (Å²) in [6.45, 7) is 0. The van der Waals surface area contributed by atoms with Crippen LogP contribution in [0, 0.1) is 0 Å².